The summed E-state index contributed by atoms with van der Waals surface area (Å²) in [6.45, 7) is 7.45. The quantitative estimate of drug-likeness (QED) is 0.799. The maximum absolute atomic E-state index is 11.5. The second-order valence-corrected chi connectivity index (χ2v) is 4.27. The van der Waals surface area contributed by atoms with Gasteiger partial charge in [-0.2, -0.15) is 0 Å². The lowest BCUT2D eigenvalue weighted by atomic mass is 9.99. The van der Waals surface area contributed by atoms with Crippen LogP contribution < -0.4 is 5.32 Å². The topological polar surface area (TPSA) is 75.6 Å². The molecule has 0 fully saturated rings. The van der Waals surface area contributed by atoms with Crippen molar-refractivity contribution in [2.75, 3.05) is 11.9 Å². The van der Waals surface area contributed by atoms with Gasteiger partial charge in [-0.15, -0.1) is 0 Å². The molecule has 1 aromatic rings. The van der Waals surface area contributed by atoms with Gasteiger partial charge in [-0.05, 0) is 23.6 Å². The first-order valence-corrected chi connectivity index (χ1v) is 5.87. The van der Waals surface area contributed by atoms with Crippen LogP contribution in [-0.4, -0.2) is 23.8 Å². The van der Waals surface area contributed by atoms with Gasteiger partial charge in [0.25, 0.3) is 0 Å². The minimum atomic E-state index is -1.04. The van der Waals surface area contributed by atoms with E-state index in [2.05, 4.69) is 11.9 Å². The lowest BCUT2D eigenvalue weighted by Crippen LogP contribution is -2.15. The van der Waals surface area contributed by atoms with Gasteiger partial charge in [-0.25, -0.2) is 9.59 Å². The predicted molar refractivity (Wildman–Crippen MR) is 72.7 cm³/mol. The summed E-state index contributed by atoms with van der Waals surface area (Å²) in [5.74, 6) is -0.893. The summed E-state index contributed by atoms with van der Waals surface area (Å²) in [4.78, 5) is 22.4. The lowest BCUT2D eigenvalue weighted by Gasteiger charge is -2.14. The maximum Gasteiger partial charge on any atom is 0.411 e. The molecule has 0 aromatic heterocycles. The second-order valence-electron chi connectivity index (χ2n) is 4.27. The minimum Gasteiger partial charge on any atom is -0.478 e. The molecule has 0 unspecified atom stereocenters. The molecule has 0 saturated carbocycles. The SMILES string of the molecule is C=CCOC(=O)Nc1cc(C(=O)O)ccc1C(C)C. The highest BCUT2D eigenvalue weighted by atomic mass is 16.5. The molecule has 5 nitrogen and oxygen atoms in total. The number of aromatic carboxylic acids is 1. The Morgan fingerprint density at radius 2 is 2.16 bits per heavy atom. The molecule has 1 aromatic carbocycles. The first kappa shape index (κ1) is 14.8. The fraction of sp³-hybridized carbons (Fsp3) is 0.286. The van der Waals surface area contributed by atoms with Gasteiger partial charge in [0.2, 0.25) is 0 Å². The van der Waals surface area contributed by atoms with E-state index in [1.807, 2.05) is 13.8 Å². The number of benzene rings is 1. The fourth-order valence-corrected chi connectivity index (χ4v) is 1.58. The number of amides is 1. The molecule has 5 heteroatoms. The number of rotatable bonds is 5. The lowest BCUT2D eigenvalue weighted by molar-refractivity contribution is 0.0696. The molecular weight excluding hydrogens is 246 g/mol. The smallest absolute Gasteiger partial charge is 0.411 e. The number of anilines is 1. The van der Waals surface area contributed by atoms with Gasteiger partial charge in [-0.1, -0.05) is 32.6 Å². The summed E-state index contributed by atoms with van der Waals surface area (Å²) < 4.78 is 4.81. The van der Waals surface area contributed by atoms with E-state index in [4.69, 9.17) is 9.84 Å². The predicted octanol–water partition coefficient (Wildman–Crippen LogP) is 3.24. The summed E-state index contributed by atoms with van der Waals surface area (Å²) in [6, 6.07) is 4.63. The first-order chi connectivity index (χ1) is 8.95. The highest BCUT2D eigenvalue weighted by Gasteiger charge is 2.13. The number of carboxylic acid groups (broad SMARTS) is 1. The van der Waals surface area contributed by atoms with Gasteiger partial charge in [0, 0.05) is 5.69 Å². The third-order valence-electron chi connectivity index (χ3n) is 2.49. The van der Waals surface area contributed by atoms with Crippen molar-refractivity contribution in [3.05, 3.63) is 42.0 Å². The van der Waals surface area contributed by atoms with E-state index in [-0.39, 0.29) is 18.1 Å². The monoisotopic (exact) mass is 263 g/mol. The second kappa shape index (κ2) is 6.58. The standard InChI is InChI=1S/C14H17NO4/c1-4-7-19-14(18)15-12-8-10(13(16)17)5-6-11(12)9(2)3/h4-6,8-9H,1,7H2,2-3H3,(H,15,18)(H,16,17). The number of carbonyl (C=O) groups excluding carboxylic acids is 1. The molecule has 0 bridgehead atoms. The zero-order chi connectivity index (χ0) is 14.4. The van der Waals surface area contributed by atoms with E-state index in [0.717, 1.165) is 5.56 Å². The Kier molecular flexibility index (Phi) is 5.11. The molecule has 0 saturated heterocycles. The maximum atomic E-state index is 11.5. The van der Waals surface area contributed by atoms with Crippen LogP contribution in [0.1, 0.15) is 35.7 Å². The molecule has 2 N–H and O–H groups in total. The van der Waals surface area contributed by atoms with Gasteiger partial charge in [-0.3, -0.25) is 5.32 Å². The Morgan fingerprint density at radius 3 is 2.68 bits per heavy atom. The van der Waals surface area contributed by atoms with Crippen molar-refractivity contribution in [3.63, 3.8) is 0 Å². The van der Waals surface area contributed by atoms with Crippen molar-refractivity contribution in [3.8, 4) is 0 Å². The summed E-state index contributed by atoms with van der Waals surface area (Å²) in [7, 11) is 0. The minimum absolute atomic E-state index is 0.0987. The van der Waals surface area contributed by atoms with E-state index in [0.29, 0.717) is 5.69 Å². The largest absolute Gasteiger partial charge is 0.478 e. The Labute approximate surface area is 111 Å². The van der Waals surface area contributed by atoms with Crippen molar-refractivity contribution in [2.24, 2.45) is 0 Å². The average Bonchev–Trinajstić information content (AvgIpc) is 2.35. The van der Waals surface area contributed by atoms with Gasteiger partial charge < -0.3 is 9.84 Å². The third-order valence-corrected chi connectivity index (χ3v) is 2.49. The molecular formula is C14H17NO4. The Balaban J connectivity index is 3.00. The highest BCUT2D eigenvalue weighted by molar-refractivity contribution is 5.92. The molecule has 0 heterocycles. The number of carboxylic acids is 1. The Morgan fingerprint density at radius 1 is 1.47 bits per heavy atom. The Hall–Kier alpha value is -2.30. The zero-order valence-corrected chi connectivity index (χ0v) is 11.0. The van der Waals surface area contributed by atoms with E-state index in [9.17, 15) is 9.59 Å². The van der Waals surface area contributed by atoms with Crippen molar-refractivity contribution < 1.29 is 19.4 Å². The van der Waals surface area contributed by atoms with Crippen LogP contribution in [0.5, 0.6) is 0 Å². The number of carbonyl (C=O) groups is 2. The Bertz CT molecular complexity index is 494. The molecule has 102 valence electrons. The number of hydrogen-bond acceptors (Lipinski definition) is 3. The van der Waals surface area contributed by atoms with Crippen LogP contribution in [0.2, 0.25) is 0 Å². The van der Waals surface area contributed by atoms with Crippen molar-refractivity contribution >= 4 is 17.7 Å². The van der Waals surface area contributed by atoms with E-state index in [1.165, 1.54) is 18.2 Å². The summed E-state index contributed by atoms with van der Waals surface area (Å²) in [5, 5.41) is 11.5. The van der Waals surface area contributed by atoms with Crippen LogP contribution in [-0.2, 0) is 4.74 Å². The van der Waals surface area contributed by atoms with Crippen LogP contribution >= 0.6 is 0 Å². The summed E-state index contributed by atoms with van der Waals surface area (Å²) >= 11 is 0. The number of ether oxygens (including phenoxy) is 1. The first-order valence-electron chi connectivity index (χ1n) is 5.87. The van der Waals surface area contributed by atoms with Crippen molar-refractivity contribution in [1.82, 2.24) is 0 Å². The van der Waals surface area contributed by atoms with Gasteiger partial charge >= 0.3 is 12.1 Å². The molecule has 0 atom stereocenters. The van der Waals surface area contributed by atoms with Crippen LogP contribution in [0.25, 0.3) is 0 Å². The number of hydrogen-bond donors (Lipinski definition) is 2. The molecule has 0 spiro atoms. The zero-order valence-electron chi connectivity index (χ0n) is 11.0. The van der Waals surface area contributed by atoms with E-state index < -0.39 is 12.1 Å². The summed E-state index contributed by atoms with van der Waals surface area (Å²) in [5.41, 5.74) is 1.41. The van der Waals surface area contributed by atoms with Gasteiger partial charge in [0.15, 0.2) is 0 Å². The average molecular weight is 263 g/mol. The molecule has 0 aliphatic rings. The molecule has 0 aliphatic heterocycles. The third kappa shape index (κ3) is 4.13. The molecule has 0 radical (unpaired) electrons. The van der Waals surface area contributed by atoms with Crippen molar-refractivity contribution in [2.45, 2.75) is 19.8 Å². The molecule has 1 amide bonds. The van der Waals surface area contributed by atoms with E-state index in [1.54, 1.807) is 6.07 Å². The van der Waals surface area contributed by atoms with Gasteiger partial charge in [0.1, 0.15) is 6.61 Å². The van der Waals surface area contributed by atoms with Crippen LogP contribution in [0.15, 0.2) is 30.9 Å². The van der Waals surface area contributed by atoms with Gasteiger partial charge in [0.05, 0.1) is 5.56 Å². The fourth-order valence-electron chi connectivity index (χ4n) is 1.58. The highest BCUT2D eigenvalue weighted by Crippen LogP contribution is 2.25. The van der Waals surface area contributed by atoms with Crippen LogP contribution in [0.4, 0.5) is 10.5 Å². The van der Waals surface area contributed by atoms with E-state index >= 15 is 0 Å². The molecule has 19 heavy (non-hydrogen) atoms. The van der Waals surface area contributed by atoms with Crippen LogP contribution in [0, 0.1) is 0 Å². The molecule has 0 aliphatic carbocycles. The van der Waals surface area contributed by atoms with Crippen LogP contribution in [0.3, 0.4) is 0 Å². The number of nitrogens with one attached hydrogen (secondary N) is 1. The van der Waals surface area contributed by atoms with Crippen molar-refractivity contribution in [1.29, 1.82) is 0 Å². The molecule has 1 rings (SSSR count). The summed E-state index contributed by atoms with van der Waals surface area (Å²) in [6.07, 6.45) is 0.820. The normalized spacial score (nSPS) is 10.1.